The Balaban J connectivity index is 2.87. The Morgan fingerprint density at radius 3 is 2.29 bits per heavy atom. The third-order valence-corrected chi connectivity index (χ3v) is 2.89. The highest BCUT2D eigenvalue weighted by Gasteiger charge is 2.16. The zero-order valence-corrected chi connectivity index (χ0v) is 10.5. The van der Waals surface area contributed by atoms with Gasteiger partial charge in [0.15, 0.2) is 5.82 Å². The minimum Gasteiger partial charge on any atom is -0.395 e. The number of aromatic nitrogens is 2. The van der Waals surface area contributed by atoms with E-state index >= 15 is 0 Å². The maximum absolute atomic E-state index is 9.11. The first-order chi connectivity index (χ1) is 8.26. The second-order valence-corrected chi connectivity index (χ2v) is 3.93. The smallest absolute Gasteiger partial charge is 0.151 e. The van der Waals surface area contributed by atoms with Gasteiger partial charge in [-0.05, 0) is 25.0 Å². The van der Waals surface area contributed by atoms with Crippen LogP contribution in [-0.2, 0) is 6.61 Å². The molecule has 0 saturated carbocycles. The molecule has 0 spiro atoms. The van der Waals surface area contributed by atoms with Crippen LogP contribution in [0.1, 0.15) is 32.4 Å². The van der Waals surface area contributed by atoms with Crippen molar-refractivity contribution in [3.63, 3.8) is 0 Å². The molecule has 96 valence electrons. The standard InChI is InChI=1S/C12H21N3O2/c1-3-11(4-2)15(7-8-16)12-6-5-10(9-17)13-14-12/h5-6,11,16-17H,3-4,7-9H2,1-2H3. The highest BCUT2D eigenvalue weighted by molar-refractivity contribution is 5.38. The van der Waals surface area contributed by atoms with Crippen molar-refractivity contribution in [2.24, 2.45) is 0 Å². The number of hydrogen-bond donors (Lipinski definition) is 2. The Morgan fingerprint density at radius 2 is 1.88 bits per heavy atom. The van der Waals surface area contributed by atoms with Crippen LogP contribution < -0.4 is 4.90 Å². The molecule has 5 heteroatoms. The molecule has 0 unspecified atom stereocenters. The topological polar surface area (TPSA) is 69.5 Å². The van der Waals surface area contributed by atoms with E-state index < -0.39 is 0 Å². The molecule has 1 heterocycles. The molecule has 0 aliphatic heterocycles. The number of anilines is 1. The molecule has 0 aromatic carbocycles. The van der Waals surface area contributed by atoms with E-state index in [0.717, 1.165) is 18.7 Å². The molecule has 0 fully saturated rings. The Morgan fingerprint density at radius 1 is 1.18 bits per heavy atom. The van der Waals surface area contributed by atoms with Gasteiger partial charge in [0, 0.05) is 12.6 Å². The highest BCUT2D eigenvalue weighted by atomic mass is 16.3. The summed E-state index contributed by atoms with van der Waals surface area (Å²) in [6.45, 7) is 4.79. The molecule has 1 aromatic heterocycles. The molecular weight excluding hydrogens is 218 g/mol. The summed E-state index contributed by atoms with van der Waals surface area (Å²) in [7, 11) is 0. The van der Waals surface area contributed by atoms with Crippen LogP contribution in [0, 0.1) is 0 Å². The lowest BCUT2D eigenvalue weighted by Gasteiger charge is -2.30. The zero-order chi connectivity index (χ0) is 12.7. The van der Waals surface area contributed by atoms with Gasteiger partial charge in [-0.2, -0.15) is 5.10 Å². The Kier molecular flexibility index (Phi) is 5.86. The number of hydrogen-bond acceptors (Lipinski definition) is 5. The van der Waals surface area contributed by atoms with Crippen molar-refractivity contribution in [2.45, 2.75) is 39.3 Å². The fraction of sp³-hybridized carbons (Fsp3) is 0.667. The van der Waals surface area contributed by atoms with Crippen LogP contribution >= 0.6 is 0 Å². The molecule has 0 aliphatic rings. The Hall–Kier alpha value is -1.20. The summed E-state index contributed by atoms with van der Waals surface area (Å²) in [4.78, 5) is 2.06. The van der Waals surface area contributed by atoms with Crippen LogP contribution in [0.3, 0.4) is 0 Å². The van der Waals surface area contributed by atoms with Gasteiger partial charge in [0.1, 0.15) is 0 Å². The lowest BCUT2D eigenvalue weighted by atomic mass is 10.1. The summed E-state index contributed by atoms with van der Waals surface area (Å²) in [5.41, 5.74) is 0.558. The maximum Gasteiger partial charge on any atom is 0.151 e. The maximum atomic E-state index is 9.11. The Bertz CT molecular complexity index is 312. The predicted molar refractivity (Wildman–Crippen MR) is 66.8 cm³/mol. The van der Waals surface area contributed by atoms with Gasteiger partial charge in [-0.1, -0.05) is 13.8 Å². The van der Waals surface area contributed by atoms with Gasteiger partial charge in [0.25, 0.3) is 0 Å². The Labute approximate surface area is 102 Å². The lowest BCUT2D eigenvalue weighted by molar-refractivity contribution is 0.275. The molecule has 0 bridgehead atoms. The average molecular weight is 239 g/mol. The second kappa shape index (κ2) is 7.19. The van der Waals surface area contributed by atoms with Gasteiger partial charge in [-0.3, -0.25) is 0 Å². The van der Waals surface area contributed by atoms with Crippen molar-refractivity contribution in [1.29, 1.82) is 0 Å². The quantitative estimate of drug-likeness (QED) is 0.741. The number of aliphatic hydroxyl groups is 2. The van der Waals surface area contributed by atoms with Gasteiger partial charge in [0.05, 0.1) is 18.9 Å². The molecule has 0 atom stereocenters. The van der Waals surface area contributed by atoms with Crippen LogP contribution in [0.5, 0.6) is 0 Å². The van der Waals surface area contributed by atoms with Crippen LogP contribution in [-0.4, -0.2) is 39.6 Å². The van der Waals surface area contributed by atoms with E-state index in [4.69, 9.17) is 10.2 Å². The third kappa shape index (κ3) is 3.64. The molecule has 1 rings (SSSR count). The van der Waals surface area contributed by atoms with Gasteiger partial charge in [-0.25, -0.2) is 0 Å². The average Bonchev–Trinajstić information content (AvgIpc) is 2.39. The molecule has 17 heavy (non-hydrogen) atoms. The second-order valence-electron chi connectivity index (χ2n) is 3.93. The van der Waals surface area contributed by atoms with Crippen molar-refractivity contribution in [3.8, 4) is 0 Å². The predicted octanol–water partition coefficient (Wildman–Crippen LogP) is 0.956. The van der Waals surface area contributed by atoms with Gasteiger partial charge in [0.2, 0.25) is 0 Å². The lowest BCUT2D eigenvalue weighted by Crippen LogP contribution is -2.37. The minimum absolute atomic E-state index is 0.0972. The van der Waals surface area contributed by atoms with E-state index in [0.29, 0.717) is 18.3 Å². The van der Waals surface area contributed by atoms with Crippen molar-refractivity contribution in [3.05, 3.63) is 17.8 Å². The molecular formula is C12H21N3O2. The van der Waals surface area contributed by atoms with E-state index in [9.17, 15) is 0 Å². The number of aliphatic hydroxyl groups excluding tert-OH is 2. The molecule has 1 aromatic rings. The summed E-state index contributed by atoms with van der Waals surface area (Å²) in [6.07, 6.45) is 2.00. The van der Waals surface area contributed by atoms with E-state index in [1.807, 2.05) is 6.07 Å². The summed E-state index contributed by atoms with van der Waals surface area (Å²) >= 11 is 0. The molecule has 0 saturated heterocycles. The van der Waals surface area contributed by atoms with Crippen LogP contribution in [0.25, 0.3) is 0 Å². The van der Waals surface area contributed by atoms with Crippen LogP contribution in [0.15, 0.2) is 12.1 Å². The van der Waals surface area contributed by atoms with Crippen molar-refractivity contribution in [2.75, 3.05) is 18.1 Å². The third-order valence-electron chi connectivity index (χ3n) is 2.89. The van der Waals surface area contributed by atoms with Crippen LogP contribution in [0.2, 0.25) is 0 Å². The first-order valence-electron chi connectivity index (χ1n) is 6.07. The molecule has 0 aliphatic carbocycles. The monoisotopic (exact) mass is 239 g/mol. The van der Waals surface area contributed by atoms with Gasteiger partial charge < -0.3 is 15.1 Å². The summed E-state index contributed by atoms with van der Waals surface area (Å²) in [6, 6.07) is 3.96. The van der Waals surface area contributed by atoms with Gasteiger partial charge in [-0.15, -0.1) is 5.10 Å². The van der Waals surface area contributed by atoms with E-state index in [1.54, 1.807) is 6.07 Å². The normalized spacial score (nSPS) is 10.9. The van der Waals surface area contributed by atoms with E-state index in [2.05, 4.69) is 28.9 Å². The summed E-state index contributed by atoms with van der Waals surface area (Å²) in [5, 5.41) is 26.0. The highest BCUT2D eigenvalue weighted by Crippen LogP contribution is 2.17. The largest absolute Gasteiger partial charge is 0.395 e. The van der Waals surface area contributed by atoms with Crippen molar-refractivity contribution < 1.29 is 10.2 Å². The van der Waals surface area contributed by atoms with E-state index in [1.165, 1.54) is 0 Å². The van der Waals surface area contributed by atoms with Crippen molar-refractivity contribution in [1.82, 2.24) is 10.2 Å². The first kappa shape index (κ1) is 13.9. The molecule has 5 nitrogen and oxygen atoms in total. The number of nitrogens with zero attached hydrogens (tertiary/aromatic N) is 3. The molecule has 0 radical (unpaired) electrons. The first-order valence-corrected chi connectivity index (χ1v) is 6.07. The van der Waals surface area contributed by atoms with E-state index in [-0.39, 0.29) is 13.2 Å². The summed E-state index contributed by atoms with van der Waals surface area (Å²) in [5.74, 6) is 0.755. The van der Waals surface area contributed by atoms with Crippen molar-refractivity contribution >= 4 is 5.82 Å². The van der Waals surface area contributed by atoms with Crippen LogP contribution in [0.4, 0.5) is 5.82 Å². The number of rotatable bonds is 7. The molecule has 2 N–H and O–H groups in total. The zero-order valence-electron chi connectivity index (χ0n) is 10.5. The molecule has 0 amide bonds. The fourth-order valence-electron chi connectivity index (χ4n) is 1.91. The van der Waals surface area contributed by atoms with Gasteiger partial charge >= 0.3 is 0 Å². The minimum atomic E-state index is -0.0989. The summed E-state index contributed by atoms with van der Waals surface area (Å²) < 4.78 is 0. The SMILES string of the molecule is CCC(CC)N(CCO)c1ccc(CO)nn1. The fourth-order valence-corrected chi connectivity index (χ4v) is 1.91.